The van der Waals surface area contributed by atoms with E-state index in [2.05, 4.69) is 6.07 Å². The van der Waals surface area contributed by atoms with Crippen molar-refractivity contribution in [1.29, 1.82) is 5.26 Å². The first-order chi connectivity index (χ1) is 19.2. The molecule has 0 atom stereocenters. The normalized spacial score (nSPS) is 12.8. The largest absolute Gasteiger partial charge is 0.454 e. The molecule has 2 aromatic heterocycles. The number of hydrogen-bond acceptors (Lipinski definition) is 2. The molecule has 6 aromatic rings. The second-order valence-electron chi connectivity index (χ2n) is 9.19. The molecule has 0 amide bonds. The number of halogens is 1. The molecule has 178 valence electrons. The van der Waals surface area contributed by atoms with E-state index in [-0.39, 0.29) is 5.56 Å². The first-order valence-electron chi connectivity index (χ1n) is 13.4. The first-order valence-corrected chi connectivity index (χ1v) is 11.9. The smallest absolute Gasteiger partial charge is 0.219 e. The maximum Gasteiger partial charge on any atom is 0.219 e. The Labute approximate surface area is 218 Å². The van der Waals surface area contributed by atoms with Gasteiger partial charge in [-0.05, 0) is 54.2 Å². The Morgan fingerprint density at radius 1 is 0.811 bits per heavy atom. The van der Waals surface area contributed by atoms with Gasteiger partial charge in [0.05, 0.1) is 17.2 Å². The van der Waals surface area contributed by atoms with Gasteiger partial charge < -0.3 is 4.42 Å². The van der Waals surface area contributed by atoms with Crippen molar-refractivity contribution in [2.75, 3.05) is 0 Å². The number of nitriles is 1. The van der Waals surface area contributed by atoms with Gasteiger partial charge in [-0.25, -0.2) is 8.96 Å². The Kier molecular flexibility index (Phi) is 4.58. The minimum atomic E-state index is -2.57. The molecule has 0 spiro atoms. The molecular formula is C33H24FN2O+. The lowest BCUT2D eigenvalue weighted by Crippen LogP contribution is -2.31. The van der Waals surface area contributed by atoms with Gasteiger partial charge in [-0.2, -0.15) is 5.26 Å². The van der Waals surface area contributed by atoms with Crippen LogP contribution in [-0.4, -0.2) is 0 Å². The van der Waals surface area contributed by atoms with Crippen LogP contribution in [0.4, 0.5) is 4.39 Å². The highest BCUT2D eigenvalue weighted by atomic mass is 19.1. The van der Waals surface area contributed by atoms with E-state index in [1.54, 1.807) is 17.7 Å². The molecule has 0 aliphatic heterocycles. The maximum atomic E-state index is 15.1. The second-order valence-corrected chi connectivity index (χ2v) is 9.19. The van der Waals surface area contributed by atoms with Gasteiger partial charge in [-0.15, -0.1) is 0 Å². The summed E-state index contributed by atoms with van der Waals surface area (Å²) >= 11 is 0. The number of nitrogens with zero attached hydrogens (tertiary/aromatic N) is 2. The average molecular weight is 487 g/mol. The molecule has 6 rings (SSSR count). The molecule has 0 aliphatic rings. The van der Waals surface area contributed by atoms with Gasteiger partial charge in [-0.3, -0.25) is 0 Å². The molecule has 0 aliphatic carbocycles. The van der Waals surface area contributed by atoms with Crippen molar-refractivity contribution in [3.63, 3.8) is 0 Å². The van der Waals surface area contributed by atoms with E-state index >= 15 is 4.39 Å². The lowest BCUT2D eigenvalue weighted by Gasteiger charge is -2.08. The molecule has 3 nitrogen and oxygen atoms in total. The van der Waals surface area contributed by atoms with E-state index in [4.69, 9.17) is 8.53 Å². The highest BCUT2D eigenvalue weighted by molar-refractivity contribution is 6.14. The van der Waals surface area contributed by atoms with E-state index in [0.717, 1.165) is 33.0 Å². The lowest BCUT2D eigenvalue weighted by molar-refractivity contribution is -0.661. The Balaban J connectivity index is 1.63. The maximum absolute atomic E-state index is 15.1. The fourth-order valence-corrected chi connectivity index (χ4v) is 5.06. The molecule has 0 unspecified atom stereocenters. The van der Waals surface area contributed by atoms with Crippen LogP contribution in [0, 0.1) is 30.9 Å². The van der Waals surface area contributed by atoms with Crippen molar-refractivity contribution >= 4 is 21.9 Å². The molecule has 0 fully saturated rings. The molecule has 0 saturated heterocycles. The van der Waals surface area contributed by atoms with Crippen LogP contribution in [0.25, 0.3) is 55.4 Å². The summed E-state index contributed by atoms with van der Waals surface area (Å²) in [5.41, 5.74) is 6.85. The van der Waals surface area contributed by atoms with Crippen LogP contribution in [0.3, 0.4) is 0 Å². The second kappa shape index (κ2) is 8.72. The highest BCUT2D eigenvalue weighted by Gasteiger charge is 2.24. The predicted octanol–water partition coefficient (Wildman–Crippen LogP) is 8.04. The zero-order valence-corrected chi connectivity index (χ0v) is 20.3. The van der Waals surface area contributed by atoms with Gasteiger partial charge in [0.1, 0.15) is 24.0 Å². The van der Waals surface area contributed by atoms with E-state index < -0.39 is 12.7 Å². The zero-order valence-electron chi connectivity index (χ0n) is 23.3. The number of benzene rings is 4. The quantitative estimate of drug-likeness (QED) is 0.238. The van der Waals surface area contributed by atoms with Crippen LogP contribution in [0.15, 0.2) is 95.5 Å². The van der Waals surface area contributed by atoms with E-state index in [1.165, 1.54) is 12.3 Å². The summed E-state index contributed by atoms with van der Waals surface area (Å²) in [5, 5.41) is 11.7. The number of fused-ring (bicyclic) bond motifs is 3. The predicted molar refractivity (Wildman–Crippen MR) is 145 cm³/mol. The molecular weight excluding hydrogens is 459 g/mol. The van der Waals surface area contributed by atoms with E-state index in [0.29, 0.717) is 33.6 Å². The minimum Gasteiger partial charge on any atom is -0.454 e. The van der Waals surface area contributed by atoms with Crippen LogP contribution in [0.5, 0.6) is 0 Å². The summed E-state index contributed by atoms with van der Waals surface area (Å²) in [6.07, 6.45) is 1.31. The minimum absolute atomic E-state index is 0.340. The van der Waals surface area contributed by atoms with Crippen molar-refractivity contribution in [1.82, 2.24) is 0 Å². The number of hydrogen-bond donors (Lipinski definition) is 0. The van der Waals surface area contributed by atoms with Crippen LogP contribution in [0.2, 0.25) is 0 Å². The number of pyridine rings is 1. The number of furan rings is 1. The van der Waals surface area contributed by atoms with Gasteiger partial charge in [0.2, 0.25) is 5.69 Å². The monoisotopic (exact) mass is 486 g/mol. The van der Waals surface area contributed by atoms with Crippen LogP contribution < -0.4 is 4.57 Å². The van der Waals surface area contributed by atoms with Crippen molar-refractivity contribution in [2.24, 2.45) is 7.05 Å². The third-order valence-corrected chi connectivity index (χ3v) is 6.88. The Morgan fingerprint density at radius 3 is 2.27 bits per heavy atom. The van der Waals surface area contributed by atoms with Gasteiger partial charge in [0.15, 0.2) is 6.20 Å². The van der Waals surface area contributed by atoms with Crippen molar-refractivity contribution < 1.29 is 17.5 Å². The Morgan fingerprint density at radius 2 is 1.51 bits per heavy atom. The number of aromatic nitrogens is 1. The highest BCUT2D eigenvalue weighted by Crippen LogP contribution is 2.42. The van der Waals surface area contributed by atoms with E-state index in [9.17, 15) is 5.26 Å². The van der Waals surface area contributed by atoms with Gasteiger partial charge in [0, 0.05) is 32.1 Å². The third-order valence-electron chi connectivity index (χ3n) is 6.88. The van der Waals surface area contributed by atoms with Crippen LogP contribution in [-0.2, 0) is 7.05 Å². The molecule has 0 saturated carbocycles. The molecule has 2 heterocycles. The fourth-order valence-electron chi connectivity index (χ4n) is 5.06. The third kappa shape index (κ3) is 3.68. The van der Waals surface area contributed by atoms with Gasteiger partial charge in [-0.1, -0.05) is 60.7 Å². The average Bonchev–Trinajstić information content (AvgIpc) is 3.32. The fraction of sp³-hybridized carbons (Fsp3) is 0.0909. The van der Waals surface area contributed by atoms with Gasteiger partial charge >= 0.3 is 0 Å². The number of rotatable bonds is 3. The summed E-state index contributed by atoms with van der Waals surface area (Å²) in [6, 6.07) is 29.2. The summed E-state index contributed by atoms with van der Waals surface area (Å²) in [6.45, 7) is -0.667. The topological polar surface area (TPSA) is 40.8 Å². The standard InChI is InChI=1S/C33H24FN2O/c1-20-12-14-26-27-15-13-25(18-35)31(24-11-7-10-23(16-24)22-8-5-4-6-9-22)33(27)37-32(26)30(20)29-17-28(34)21(2)19-36(29)3/h4-17,19H,1-3H3/q+1/i2D3. The molecule has 37 heavy (non-hydrogen) atoms. The van der Waals surface area contributed by atoms with Gasteiger partial charge in [0.25, 0.3) is 0 Å². The summed E-state index contributed by atoms with van der Waals surface area (Å²) in [4.78, 5) is 0. The molecule has 4 heteroatoms. The van der Waals surface area contributed by atoms with Crippen molar-refractivity contribution in [2.45, 2.75) is 13.8 Å². The van der Waals surface area contributed by atoms with Crippen LogP contribution >= 0.6 is 0 Å². The first kappa shape index (κ1) is 19.4. The van der Waals surface area contributed by atoms with E-state index in [1.807, 2.05) is 79.7 Å². The lowest BCUT2D eigenvalue weighted by atomic mass is 9.94. The Bertz CT molecular complexity index is 1990. The summed E-state index contributed by atoms with van der Waals surface area (Å²) in [5.74, 6) is -0.800. The van der Waals surface area contributed by atoms with Crippen LogP contribution in [0.1, 0.15) is 20.8 Å². The Hall–Kier alpha value is -4.75. The SMILES string of the molecule is [2H]C([2H])([2H])c1c[n+](C)c(-c2c(C)ccc3c2oc2c(-c4cccc(-c5ccccc5)c4)c(C#N)ccc23)cc1F. The number of aryl methyl sites for hydroxylation is 3. The molecule has 0 radical (unpaired) electrons. The zero-order chi connectivity index (χ0) is 28.2. The summed E-state index contributed by atoms with van der Waals surface area (Å²) in [7, 11) is 1.69. The van der Waals surface area contributed by atoms with Crippen molar-refractivity contribution in [3.8, 4) is 39.6 Å². The summed E-state index contributed by atoms with van der Waals surface area (Å²) < 4.78 is 46.3. The van der Waals surface area contributed by atoms with Crippen molar-refractivity contribution in [3.05, 3.63) is 114 Å². The molecule has 4 aromatic carbocycles. The molecule has 0 bridgehead atoms. The molecule has 0 N–H and O–H groups in total.